The fourth-order valence-corrected chi connectivity index (χ4v) is 2.94. The Morgan fingerprint density at radius 3 is 2.72 bits per heavy atom. The lowest BCUT2D eigenvalue weighted by atomic mass is 9.92. The van der Waals surface area contributed by atoms with Gasteiger partial charge in [-0.05, 0) is 43.9 Å². The monoisotopic (exact) mass is 346 g/mol. The molecule has 0 aromatic heterocycles. The van der Waals surface area contributed by atoms with Gasteiger partial charge in [-0.3, -0.25) is 14.5 Å². The van der Waals surface area contributed by atoms with E-state index in [1.54, 1.807) is 25.1 Å². The van der Waals surface area contributed by atoms with Gasteiger partial charge in [0.15, 0.2) is 17.3 Å². The summed E-state index contributed by atoms with van der Waals surface area (Å²) in [5.41, 5.74) is -0.572. The molecule has 25 heavy (non-hydrogen) atoms. The second kappa shape index (κ2) is 6.38. The Kier molecular flexibility index (Phi) is 4.41. The maximum Gasteiger partial charge on any atom is 0.325 e. The summed E-state index contributed by atoms with van der Waals surface area (Å²) in [6.45, 7) is 5.66. The van der Waals surface area contributed by atoms with Gasteiger partial charge in [-0.15, -0.1) is 0 Å². The van der Waals surface area contributed by atoms with Crippen LogP contribution in [0.4, 0.5) is 4.79 Å². The molecule has 134 valence electrons. The molecule has 0 bridgehead atoms. The van der Waals surface area contributed by atoms with Crippen molar-refractivity contribution in [2.24, 2.45) is 5.92 Å². The third-order valence-corrected chi connectivity index (χ3v) is 4.56. The van der Waals surface area contributed by atoms with Crippen LogP contribution >= 0.6 is 0 Å². The Labute approximate surface area is 146 Å². The zero-order valence-electron chi connectivity index (χ0n) is 14.6. The number of urea groups is 1. The molecule has 2 heterocycles. The fourth-order valence-electron chi connectivity index (χ4n) is 2.94. The summed E-state index contributed by atoms with van der Waals surface area (Å²) >= 11 is 0. The third-order valence-electron chi connectivity index (χ3n) is 4.56. The van der Waals surface area contributed by atoms with E-state index in [9.17, 15) is 14.4 Å². The molecule has 2 aliphatic heterocycles. The van der Waals surface area contributed by atoms with Crippen molar-refractivity contribution in [3.63, 3.8) is 0 Å². The molecule has 1 fully saturated rings. The number of carbonyl (C=O) groups excluding carboxylic acids is 3. The molecule has 7 nitrogen and oxygen atoms in total. The largest absolute Gasteiger partial charge is 0.454 e. The van der Waals surface area contributed by atoms with Crippen LogP contribution < -0.4 is 14.8 Å². The van der Waals surface area contributed by atoms with Crippen LogP contribution in [0.1, 0.15) is 44.0 Å². The summed E-state index contributed by atoms with van der Waals surface area (Å²) in [4.78, 5) is 38.3. The van der Waals surface area contributed by atoms with Crippen LogP contribution in [0, 0.1) is 5.92 Å². The van der Waals surface area contributed by atoms with E-state index in [4.69, 9.17) is 9.47 Å². The van der Waals surface area contributed by atoms with Crippen molar-refractivity contribution in [3.05, 3.63) is 23.8 Å². The molecule has 0 aliphatic carbocycles. The van der Waals surface area contributed by atoms with Gasteiger partial charge in [0.25, 0.3) is 5.91 Å². The van der Waals surface area contributed by atoms with Crippen LogP contribution in [0.3, 0.4) is 0 Å². The molecule has 1 aromatic carbocycles. The lowest BCUT2D eigenvalue weighted by molar-refractivity contribution is -0.130. The van der Waals surface area contributed by atoms with Crippen molar-refractivity contribution in [2.45, 2.75) is 39.2 Å². The average Bonchev–Trinajstić information content (AvgIpc) is 3.11. The second-order valence-corrected chi connectivity index (χ2v) is 7.08. The lowest BCUT2D eigenvalue weighted by Gasteiger charge is -2.22. The fraction of sp³-hybridized carbons (Fsp3) is 0.500. The minimum atomic E-state index is -0.948. The van der Waals surface area contributed by atoms with Gasteiger partial charge in [0.1, 0.15) is 5.54 Å². The summed E-state index contributed by atoms with van der Waals surface area (Å²) in [6, 6.07) is 4.30. The summed E-state index contributed by atoms with van der Waals surface area (Å²) in [7, 11) is 0. The molecule has 1 aromatic rings. The standard InChI is InChI=1S/C18H22N2O5/c1-11(2)6-7-18(3)16(22)20(17(23)19-18)9-13(21)12-4-5-14-15(8-12)25-10-24-14/h4-5,8,11H,6-7,9-10H2,1-3H3,(H,19,23)/t18-/m1/s1. The SMILES string of the molecule is CC(C)CC[C@@]1(C)NC(=O)N(CC(=O)c2ccc3c(c2)OCO3)C1=O. The number of carbonyl (C=O) groups is 3. The number of nitrogens with zero attached hydrogens (tertiary/aromatic N) is 1. The number of hydrogen-bond acceptors (Lipinski definition) is 5. The van der Waals surface area contributed by atoms with Crippen LogP contribution in [-0.4, -0.2) is 41.5 Å². The normalized spacial score (nSPS) is 21.8. The molecule has 1 atom stereocenters. The number of ether oxygens (including phenoxy) is 2. The van der Waals surface area contributed by atoms with Gasteiger partial charge in [-0.1, -0.05) is 13.8 Å². The van der Waals surface area contributed by atoms with E-state index in [2.05, 4.69) is 19.2 Å². The van der Waals surface area contributed by atoms with Gasteiger partial charge in [-0.25, -0.2) is 4.79 Å². The molecule has 7 heteroatoms. The summed E-state index contributed by atoms with van der Waals surface area (Å²) in [6.07, 6.45) is 1.36. The first kappa shape index (κ1) is 17.3. The molecule has 0 unspecified atom stereocenters. The molecular weight excluding hydrogens is 324 g/mol. The molecular formula is C18H22N2O5. The van der Waals surface area contributed by atoms with Crippen molar-refractivity contribution in [2.75, 3.05) is 13.3 Å². The van der Waals surface area contributed by atoms with Crippen LogP contribution in [0.15, 0.2) is 18.2 Å². The van der Waals surface area contributed by atoms with E-state index in [0.29, 0.717) is 29.4 Å². The molecule has 1 saturated heterocycles. The number of ketones is 1. The topological polar surface area (TPSA) is 84.9 Å². The van der Waals surface area contributed by atoms with Crippen LogP contribution in [0.2, 0.25) is 0 Å². The van der Waals surface area contributed by atoms with Gasteiger partial charge in [0, 0.05) is 5.56 Å². The van der Waals surface area contributed by atoms with E-state index >= 15 is 0 Å². The number of rotatable bonds is 6. The number of amides is 3. The molecule has 3 rings (SSSR count). The van der Waals surface area contributed by atoms with Crippen molar-refractivity contribution in [1.82, 2.24) is 10.2 Å². The number of nitrogens with one attached hydrogen (secondary N) is 1. The first-order chi connectivity index (χ1) is 11.8. The highest BCUT2D eigenvalue weighted by atomic mass is 16.7. The van der Waals surface area contributed by atoms with Crippen LogP contribution in [-0.2, 0) is 4.79 Å². The molecule has 3 amide bonds. The molecule has 0 radical (unpaired) electrons. The number of fused-ring (bicyclic) bond motifs is 1. The van der Waals surface area contributed by atoms with Gasteiger partial charge in [-0.2, -0.15) is 0 Å². The number of benzene rings is 1. The summed E-state index contributed by atoms with van der Waals surface area (Å²) in [5.74, 6) is 0.811. The predicted octanol–water partition coefficient (Wildman–Crippen LogP) is 2.34. The summed E-state index contributed by atoms with van der Waals surface area (Å²) in [5, 5.41) is 2.72. The predicted molar refractivity (Wildman–Crippen MR) is 89.6 cm³/mol. The van der Waals surface area contributed by atoms with Crippen molar-refractivity contribution >= 4 is 17.7 Å². The van der Waals surface area contributed by atoms with Crippen molar-refractivity contribution < 1.29 is 23.9 Å². The number of imide groups is 1. The Bertz CT molecular complexity index is 730. The zero-order valence-corrected chi connectivity index (χ0v) is 14.6. The number of hydrogen-bond donors (Lipinski definition) is 1. The van der Waals surface area contributed by atoms with E-state index in [1.165, 1.54) is 0 Å². The maximum absolute atomic E-state index is 12.6. The van der Waals surface area contributed by atoms with E-state index in [-0.39, 0.29) is 25.0 Å². The first-order valence-corrected chi connectivity index (χ1v) is 8.37. The average molecular weight is 346 g/mol. The van der Waals surface area contributed by atoms with Gasteiger partial charge >= 0.3 is 6.03 Å². The Balaban J connectivity index is 1.71. The molecule has 0 saturated carbocycles. The van der Waals surface area contributed by atoms with Crippen LogP contribution in [0.5, 0.6) is 11.5 Å². The minimum absolute atomic E-state index is 0.119. The third kappa shape index (κ3) is 3.31. The Hall–Kier alpha value is -2.57. The van der Waals surface area contributed by atoms with Crippen LogP contribution in [0.25, 0.3) is 0 Å². The highest BCUT2D eigenvalue weighted by Crippen LogP contribution is 2.33. The van der Waals surface area contributed by atoms with Crippen molar-refractivity contribution in [3.8, 4) is 11.5 Å². The van der Waals surface area contributed by atoms with Gasteiger partial charge in [0.2, 0.25) is 6.79 Å². The quantitative estimate of drug-likeness (QED) is 0.631. The molecule has 2 aliphatic rings. The van der Waals surface area contributed by atoms with E-state index in [0.717, 1.165) is 11.3 Å². The number of Topliss-reactive ketones (excluding diaryl/α,β-unsaturated/α-hetero) is 1. The highest BCUT2D eigenvalue weighted by molar-refractivity contribution is 6.11. The first-order valence-electron chi connectivity index (χ1n) is 8.37. The van der Waals surface area contributed by atoms with E-state index in [1.807, 2.05) is 0 Å². The smallest absolute Gasteiger partial charge is 0.325 e. The second-order valence-electron chi connectivity index (χ2n) is 7.08. The minimum Gasteiger partial charge on any atom is -0.454 e. The zero-order chi connectivity index (χ0) is 18.2. The van der Waals surface area contributed by atoms with Crippen molar-refractivity contribution in [1.29, 1.82) is 0 Å². The van der Waals surface area contributed by atoms with Gasteiger partial charge in [0.05, 0.1) is 6.54 Å². The Morgan fingerprint density at radius 2 is 2.00 bits per heavy atom. The summed E-state index contributed by atoms with van der Waals surface area (Å²) < 4.78 is 10.5. The molecule has 1 N–H and O–H groups in total. The maximum atomic E-state index is 12.6. The van der Waals surface area contributed by atoms with E-state index < -0.39 is 11.6 Å². The Morgan fingerprint density at radius 1 is 1.28 bits per heavy atom. The lowest BCUT2D eigenvalue weighted by Crippen LogP contribution is -2.44. The highest BCUT2D eigenvalue weighted by Gasteiger charge is 2.47. The van der Waals surface area contributed by atoms with Gasteiger partial charge < -0.3 is 14.8 Å². The molecule has 0 spiro atoms.